The Morgan fingerprint density at radius 2 is 1.96 bits per heavy atom. The number of nitrogens with zero attached hydrogens (tertiary/aromatic N) is 1. The summed E-state index contributed by atoms with van der Waals surface area (Å²) in [6.07, 6.45) is 1.83. The van der Waals surface area contributed by atoms with Crippen LogP contribution in [0.5, 0.6) is 5.75 Å². The van der Waals surface area contributed by atoms with E-state index in [4.69, 9.17) is 10.5 Å². The predicted octanol–water partition coefficient (Wildman–Crippen LogP) is 2.32. The number of hydrogen-bond acceptors (Lipinski definition) is 3. The van der Waals surface area contributed by atoms with Gasteiger partial charge in [0.2, 0.25) is 11.8 Å². The van der Waals surface area contributed by atoms with Gasteiger partial charge in [-0.05, 0) is 36.6 Å². The van der Waals surface area contributed by atoms with Crippen LogP contribution in [-0.2, 0) is 17.6 Å². The first-order valence-electron chi connectivity index (χ1n) is 7.95. The van der Waals surface area contributed by atoms with Crippen LogP contribution >= 0.6 is 0 Å². The van der Waals surface area contributed by atoms with E-state index < -0.39 is 5.91 Å². The number of para-hydroxylation sites is 1. The Morgan fingerprint density at radius 3 is 2.71 bits per heavy atom. The third kappa shape index (κ3) is 2.97. The molecular weight excluding hydrogens is 304 g/mol. The van der Waals surface area contributed by atoms with Crippen LogP contribution in [0.3, 0.4) is 0 Å². The lowest BCUT2D eigenvalue weighted by Crippen LogP contribution is -2.37. The summed E-state index contributed by atoms with van der Waals surface area (Å²) >= 11 is 0. The van der Waals surface area contributed by atoms with Gasteiger partial charge in [0.05, 0.1) is 13.5 Å². The van der Waals surface area contributed by atoms with Crippen molar-refractivity contribution in [2.24, 2.45) is 5.73 Å². The summed E-state index contributed by atoms with van der Waals surface area (Å²) in [6.45, 7) is 0.642. The van der Waals surface area contributed by atoms with Gasteiger partial charge in [-0.3, -0.25) is 9.59 Å². The summed E-state index contributed by atoms with van der Waals surface area (Å²) in [6, 6.07) is 12.9. The molecule has 0 spiro atoms. The minimum atomic E-state index is -0.453. The summed E-state index contributed by atoms with van der Waals surface area (Å²) in [5.41, 5.74) is 8.47. The molecule has 2 N–H and O–H groups in total. The van der Waals surface area contributed by atoms with Crippen LogP contribution in [-0.4, -0.2) is 25.5 Å². The standard InChI is InChI=1S/C19H20N2O3/c1-24-17-10-3-2-6-13(17)12-18(22)21-11-5-8-14-15(19(20)23)7-4-9-16(14)21/h2-4,6-7,9-10H,5,8,11-12H2,1H3,(H2,20,23). The second kappa shape index (κ2) is 6.74. The normalized spacial score (nSPS) is 13.3. The first kappa shape index (κ1) is 16.1. The van der Waals surface area contributed by atoms with Crippen molar-refractivity contribution >= 4 is 17.5 Å². The molecule has 5 nitrogen and oxygen atoms in total. The third-order valence-corrected chi connectivity index (χ3v) is 4.35. The Bertz CT molecular complexity index is 786. The van der Waals surface area contributed by atoms with Gasteiger partial charge in [0, 0.05) is 23.4 Å². The van der Waals surface area contributed by atoms with Crippen molar-refractivity contribution in [1.82, 2.24) is 0 Å². The van der Waals surface area contributed by atoms with Gasteiger partial charge in [0.1, 0.15) is 5.75 Å². The minimum Gasteiger partial charge on any atom is -0.496 e. The molecule has 1 aliphatic rings. The number of methoxy groups -OCH3 is 1. The van der Waals surface area contributed by atoms with E-state index in [1.165, 1.54) is 0 Å². The molecule has 0 saturated carbocycles. The molecule has 2 amide bonds. The van der Waals surface area contributed by atoms with Gasteiger partial charge in [-0.2, -0.15) is 0 Å². The first-order valence-corrected chi connectivity index (χ1v) is 7.95. The van der Waals surface area contributed by atoms with Gasteiger partial charge in [0.25, 0.3) is 0 Å². The van der Waals surface area contributed by atoms with Crippen LogP contribution in [0.1, 0.15) is 27.9 Å². The largest absolute Gasteiger partial charge is 0.496 e. The highest BCUT2D eigenvalue weighted by Crippen LogP contribution is 2.31. The number of benzene rings is 2. The van der Waals surface area contributed by atoms with Crippen molar-refractivity contribution in [2.45, 2.75) is 19.3 Å². The van der Waals surface area contributed by atoms with Crippen molar-refractivity contribution in [3.63, 3.8) is 0 Å². The van der Waals surface area contributed by atoms with Gasteiger partial charge in [-0.15, -0.1) is 0 Å². The number of fused-ring (bicyclic) bond motifs is 1. The Balaban J connectivity index is 1.90. The number of rotatable bonds is 4. The Hall–Kier alpha value is -2.82. The predicted molar refractivity (Wildman–Crippen MR) is 92.3 cm³/mol. The van der Waals surface area contributed by atoms with Crippen LogP contribution < -0.4 is 15.4 Å². The highest BCUT2D eigenvalue weighted by atomic mass is 16.5. The molecule has 0 saturated heterocycles. The molecule has 124 valence electrons. The SMILES string of the molecule is COc1ccccc1CC(=O)N1CCCc2c(C(N)=O)cccc21. The van der Waals surface area contributed by atoms with Crippen molar-refractivity contribution < 1.29 is 14.3 Å². The van der Waals surface area contributed by atoms with Gasteiger partial charge in [-0.25, -0.2) is 0 Å². The molecule has 3 rings (SSSR count). The maximum absolute atomic E-state index is 12.8. The van der Waals surface area contributed by atoms with E-state index >= 15 is 0 Å². The summed E-state index contributed by atoms with van der Waals surface area (Å²) in [7, 11) is 1.60. The number of amides is 2. The second-order valence-corrected chi connectivity index (χ2v) is 5.81. The highest BCUT2D eigenvalue weighted by Gasteiger charge is 2.25. The summed E-state index contributed by atoms with van der Waals surface area (Å²) in [5, 5.41) is 0. The summed E-state index contributed by atoms with van der Waals surface area (Å²) in [5.74, 6) is 0.238. The van der Waals surface area contributed by atoms with Crippen molar-refractivity contribution in [3.8, 4) is 5.75 Å². The molecule has 1 heterocycles. The van der Waals surface area contributed by atoms with E-state index in [-0.39, 0.29) is 12.3 Å². The zero-order valence-corrected chi connectivity index (χ0v) is 13.6. The van der Waals surface area contributed by atoms with Crippen LogP contribution in [0.4, 0.5) is 5.69 Å². The fraction of sp³-hybridized carbons (Fsp3) is 0.263. The lowest BCUT2D eigenvalue weighted by atomic mass is 9.95. The number of nitrogens with two attached hydrogens (primary N) is 1. The molecule has 24 heavy (non-hydrogen) atoms. The van der Waals surface area contributed by atoms with Crippen molar-refractivity contribution in [1.29, 1.82) is 0 Å². The van der Waals surface area contributed by atoms with E-state index in [2.05, 4.69) is 0 Å². The van der Waals surface area contributed by atoms with Crippen LogP contribution in [0.25, 0.3) is 0 Å². The van der Waals surface area contributed by atoms with E-state index in [1.807, 2.05) is 30.3 Å². The van der Waals surface area contributed by atoms with E-state index in [0.717, 1.165) is 29.7 Å². The van der Waals surface area contributed by atoms with E-state index in [0.29, 0.717) is 17.9 Å². The zero-order chi connectivity index (χ0) is 17.1. The number of ether oxygens (including phenoxy) is 1. The van der Waals surface area contributed by atoms with E-state index in [1.54, 1.807) is 24.1 Å². The van der Waals surface area contributed by atoms with E-state index in [9.17, 15) is 9.59 Å². The molecule has 5 heteroatoms. The number of hydrogen-bond donors (Lipinski definition) is 1. The van der Waals surface area contributed by atoms with Crippen molar-refractivity contribution in [3.05, 3.63) is 59.2 Å². The minimum absolute atomic E-state index is 0.0120. The molecule has 0 atom stereocenters. The average molecular weight is 324 g/mol. The quantitative estimate of drug-likeness (QED) is 0.938. The molecule has 0 fully saturated rings. The van der Waals surface area contributed by atoms with Gasteiger partial charge >= 0.3 is 0 Å². The zero-order valence-electron chi connectivity index (χ0n) is 13.6. The lowest BCUT2D eigenvalue weighted by molar-refractivity contribution is -0.118. The Morgan fingerprint density at radius 1 is 1.17 bits per heavy atom. The fourth-order valence-corrected chi connectivity index (χ4v) is 3.22. The topological polar surface area (TPSA) is 72.6 Å². The molecule has 0 bridgehead atoms. The molecule has 0 aliphatic carbocycles. The first-order chi connectivity index (χ1) is 11.6. The average Bonchev–Trinajstić information content (AvgIpc) is 2.60. The monoisotopic (exact) mass is 324 g/mol. The second-order valence-electron chi connectivity index (χ2n) is 5.81. The molecule has 0 radical (unpaired) electrons. The van der Waals surface area contributed by atoms with Crippen LogP contribution in [0.2, 0.25) is 0 Å². The maximum atomic E-state index is 12.8. The maximum Gasteiger partial charge on any atom is 0.249 e. The smallest absolute Gasteiger partial charge is 0.249 e. The van der Waals surface area contributed by atoms with Crippen LogP contribution in [0.15, 0.2) is 42.5 Å². The lowest BCUT2D eigenvalue weighted by Gasteiger charge is -2.30. The Kier molecular flexibility index (Phi) is 4.51. The van der Waals surface area contributed by atoms with Crippen molar-refractivity contribution in [2.75, 3.05) is 18.6 Å². The number of primary amides is 1. The molecule has 0 unspecified atom stereocenters. The van der Waals surface area contributed by atoms with Gasteiger partial charge < -0.3 is 15.4 Å². The number of carbonyl (C=O) groups is 2. The molecule has 2 aromatic carbocycles. The van der Waals surface area contributed by atoms with Gasteiger partial charge in [0.15, 0.2) is 0 Å². The van der Waals surface area contributed by atoms with Crippen LogP contribution in [0, 0.1) is 0 Å². The molecule has 0 aromatic heterocycles. The van der Waals surface area contributed by atoms with Gasteiger partial charge in [-0.1, -0.05) is 24.3 Å². The number of anilines is 1. The summed E-state index contributed by atoms with van der Waals surface area (Å²) in [4.78, 5) is 26.2. The molecule has 2 aromatic rings. The highest BCUT2D eigenvalue weighted by molar-refractivity contribution is 6.00. The summed E-state index contributed by atoms with van der Waals surface area (Å²) < 4.78 is 5.32. The fourth-order valence-electron chi connectivity index (χ4n) is 3.22. The molecular formula is C19H20N2O3. The number of carbonyl (C=O) groups excluding carboxylic acids is 2. The Labute approximate surface area is 141 Å². The third-order valence-electron chi connectivity index (χ3n) is 4.35. The molecule has 1 aliphatic heterocycles.